The van der Waals surface area contributed by atoms with Gasteiger partial charge >= 0.3 is 6.01 Å². The summed E-state index contributed by atoms with van der Waals surface area (Å²) in [6.07, 6.45) is 2.47. The summed E-state index contributed by atoms with van der Waals surface area (Å²) in [5, 5.41) is 8.32. The third-order valence-electron chi connectivity index (χ3n) is 2.16. The van der Waals surface area contributed by atoms with E-state index in [4.69, 9.17) is 4.74 Å². The standard InChI is InChI=1S/C10H15N7OS/c1-4-5-11-7-14-8(18-3)16-9(15-7)19-10-12-6-13-17(10)2/h6H,4-5H2,1-3H3,(H,11,14,15,16). The second kappa shape index (κ2) is 6.32. The Hall–Kier alpha value is -1.90. The minimum atomic E-state index is 0.276. The van der Waals surface area contributed by atoms with Gasteiger partial charge in [-0.1, -0.05) is 6.92 Å². The van der Waals surface area contributed by atoms with Crippen molar-refractivity contribution in [3.63, 3.8) is 0 Å². The fourth-order valence-electron chi connectivity index (χ4n) is 1.25. The number of aromatic nitrogens is 6. The molecule has 19 heavy (non-hydrogen) atoms. The van der Waals surface area contributed by atoms with Crippen molar-refractivity contribution < 1.29 is 4.74 Å². The van der Waals surface area contributed by atoms with E-state index in [1.54, 1.807) is 4.68 Å². The normalized spacial score (nSPS) is 10.5. The highest BCUT2D eigenvalue weighted by molar-refractivity contribution is 7.99. The van der Waals surface area contributed by atoms with E-state index in [0.29, 0.717) is 16.3 Å². The molecule has 0 radical (unpaired) electrons. The van der Waals surface area contributed by atoms with Gasteiger partial charge in [-0.3, -0.25) is 0 Å². The van der Waals surface area contributed by atoms with E-state index >= 15 is 0 Å². The number of methoxy groups -OCH3 is 1. The highest BCUT2D eigenvalue weighted by Crippen LogP contribution is 2.23. The lowest BCUT2D eigenvalue weighted by Gasteiger charge is -2.06. The minimum Gasteiger partial charge on any atom is -0.467 e. The van der Waals surface area contributed by atoms with Gasteiger partial charge in [0.1, 0.15) is 6.33 Å². The van der Waals surface area contributed by atoms with Crippen molar-refractivity contribution >= 4 is 17.7 Å². The largest absolute Gasteiger partial charge is 0.467 e. The molecule has 2 aromatic rings. The van der Waals surface area contributed by atoms with E-state index in [-0.39, 0.29) is 6.01 Å². The molecule has 0 spiro atoms. The van der Waals surface area contributed by atoms with Crippen LogP contribution in [0.2, 0.25) is 0 Å². The van der Waals surface area contributed by atoms with Crippen molar-refractivity contribution in [2.24, 2.45) is 7.05 Å². The Morgan fingerprint density at radius 2 is 2.21 bits per heavy atom. The first-order valence-electron chi connectivity index (χ1n) is 5.78. The Balaban J connectivity index is 2.21. The van der Waals surface area contributed by atoms with Gasteiger partial charge in [-0.05, 0) is 18.2 Å². The lowest BCUT2D eigenvalue weighted by Crippen LogP contribution is -2.07. The maximum absolute atomic E-state index is 5.07. The number of nitrogens with one attached hydrogen (secondary N) is 1. The summed E-state index contributed by atoms with van der Waals surface area (Å²) in [5.41, 5.74) is 0. The van der Waals surface area contributed by atoms with Gasteiger partial charge in [-0.15, -0.1) is 0 Å². The summed E-state index contributed by atoms with van der Waals surface area (Å²) in [6.45, 7) is 2.86. The monoisotopic (exact) mass is 281 g/mol. The summed E-state index contributed by atoms with van der Waals surface area (Å²) in [4.78, 5) is 16.7. The zero-order chi connectivity index (χ0) is 13.7. The van der Waals surface area contributed by atoms with Gasteiger partial charge in [0.05, 0.1) is 7.11 Å². The van der Waals surface area contributed by atoms with E-state index in [0.717, 1.165) is 13.0 Å². The lowest BCUT2D eigenvalue weighted by molar-refractivity contribution is 0.373. The van der Waals surface area contributed by atoms with Crippen molar-refractivity contribution in [1.82, 2.24) is 29.7 Å². The summed E-state index contributed by atoms with van der Waals surface area (Å²) in [7, 11) is 3.33. The average molecular weight is 281 g/mol. The second-order valence-corrected chi connectivity index (χ2v) is 4.56. The first kappa shape index (κ1) is 13.5. The predicted octanol–water partition coefficient (Wildman–Crippen LogP) is 0.982. The van der Waals surface area contributed by atoms with Gasteiger partial charge in [-0.25, -0.2) is 9.67 Å². The van der Waals surface area contributed by atoms with Gasteiger partial charge in [0.2, 0.25) is 11.1 Å². The van der Waals surface area contributed by atoms with Crippen LogP contribution in [0.25, 0.3) is 0 Å². The van der Waals surface area contributed by atoms with Crippen LogP contribution in [-0.4, -0.2) is 43.4 Å². The zero-order valence-electron chi connectivity index (χ0n) is 11.0. The molecule has 2 heterocycles. The fraction of sp³-hybridized carbons (Fsp3) is 0.500. The lowest BCUT2D eigenvalue weighted by atomic mass is 10.5. The first-order valence-corrected chi connectivity index (χ1v) is 6.60. The summed E-state index contributed by atoms with van der Waals surface area (Å²) in [6, 6.07) is 0.276. The van der Waals surface area contributed by atoms with Crippen molar-refractivity contribution in [1.29, 1.82) is 0 Å². The molecular weight excluding hydrogens is 266 g/mol. The van der Waals surface area contributed by atoms with Crippen LogP contribution in [-0.2, 0) is 7.05 Å². The third kappa shape index (κ3) is 3.53. The van der Waals surface area contributed by atoms with Crippen LogP contribution >= 0.6 is 11.8 Å². The Labute approximate surface area is 115 Å². The molecule has 0 aliphatic rings. The fourth-order valence-corrected chi connectivity index (χ4v) is 1.95. The molecule has 0 amide bonds. The van der Waals surface area contributed by atoms with E-state index < -0.39 is 0 Å². The molecule has 0 fully saturated rings. The Morgan fingerprint density at radius 1 is 1.37 bits per heavy atom. The van der Waals surface area contributed by atoms with Gasteiger partial charge in [-0.2, -0.15) is 20.1 Å². The Kier molecular flexibility index (Phi) is 4.50. The molecule has 0 saturated heterocycles. The molecule has 102 valence electrons. The van der Waals surface area contributed by atoms with Gasteiger partial charge < -0.3 is 10.1 Å². The van der Waals surface area contributed by atoms with Crippen LogP contribution in [0, 0.1) is 0 Å². The molecule has 0 aliphatic heterocycles. The number of anilines is 1. The van der Waals surface area contributed by atoms with Crippen LogP contribution in [0.15, 0.2) is 16.6 Å². The molecule has 0 unspecified atom stereocenters. The van der Waals surface area contributed by atoms with E-state index in [9.17, 15) is 0 Å². The summed E-state index contributed by atoms with van der Waals surface area (Å²) >= 11 is 1.31. The van der Waals surface area contributed by atoms with Gasteiger partial charge in [0, 0.05) is 13.6 Å². The van der Waals surface area contributed by atoms with Crippen LogP contribution in [0.4, 0.5) is 5.95 Å². The molecule has 0 bridgehead atoms. The molecule has 8 nitrogen and oxygen atoms in total. The van der Waals surface area contributed by atoms with Crippen molar-refractivity contribution in [2.45, 2.75) is 23.7 Å². The Bertz CT molecular complexity index is 544. The van der Waals surface area contributed by atoms with Gasteiger partial charge in [0.15, 0.2) is 5.16 Å². The molecular formula is C10H15N7OS. The smallest absolute Gasteiger partial charge is 0.321 e. The first-order chi connectivity index (χ1) is 9.22. The SMILES string of the molecule is CCCNc1nc(OC)nc(Sc2ncnn2C)n1. The molecule has 2 rings (SSSR count). The van der Waals surface area contributed by atoms with Crippen LogP contribution in [0.3, 0.4) is 0 Å². The van der Waals surface area contributed by atoms with Crippen molar-refractivity contribution in [3.05, 3.63) is 6.33 Å². The van der Waals surface area contributed by atoms with Crippen molar-refractivity contribution in [2.75, 3.05) is 19.0 Å². The number of nitrogens with zero attached hydrogens (tertiary/aromatic N) is 6. The molecule has 0 aromatic carbocycles. The number of hydrogen-bond acceptors (Lipinski definition) is 8. The predicted molar refractivity (Wildman–Crippen MR) is 70.3 cm³/mol. The highest BCUT2D eigenvalue weighted by Gasteiger charge is 2.11. The second-order valence-electron chi connectivity index (χ2n) is 3.62. The molecule has 1 N–H and O–H groups in total. The summed E-state index contributed by atoms with van der Waals surface area (Å²) < 4.78 is 6.72. The molecule has 9 heteroatoms. The van der Waals surface area contributed by atoms with E-state index in [2.05, 4.69) is 37.3 Å². The zero-order valence-corrected chi connectivity index (χ0v) is 11.8. The van der Waals surface area contributed by atoms with E-state index in [1.807, 2.05) is 7.05 Å². The van der Waals surface area contributed by atoms with E-state index in [1.165, 1.54) is 25.2 Å². The molecule has 0 saturated carbocycles. The maximum Gasteiger partial charge on any atom is 0.321 e. The maximum atomic E-state index is 5.07. The number of rotatable bonds is 6. The molecule has 2 aromatic heterocycles. The Morgan fingerprint density at radius 3 is 2.84 bits per heavy atom. The van der Waals surface area contributed by atoms with Crippen LogP contribution in [0.5, 0.6) is 6.01 Å². The average Bonchev–Trinajstić information content (AvgIpc) is 2.81. The highest BCUT2D eigenvalue weighted by atomic mass is 32.2. The van der Waals surface area contributed by atoms with Crippen LogP contribution < -0.4 is 10.1 Å². The van der Waals surface area contributed by atoms with Gasteiger partial charge in [0.25, 0.3) is 0 Å². The number of aryl methyl sites for hydroxylation is 1. The number of ether oxygens (including phenoxy) is 1. The minimum absolute atomic E-state index is 0.276. The van der Waals surface area contributed by atoms with Crippen molar-refractivity contribution in [3.8, 4) is 6.01 Å². The molecule has 0 atom stereocenters. The third-order valence-corrected chi connectivity index (χ3v) is 3.08. The quantitative estimate of drug-likeness (QED) is 0.838. The topological polar surface area (TPSA) is 90.6 Å². The number of hydrogen-bond donors (Lipinski definition) is 1. The van der Waals surface area contributed by atoms with Crippen LogP contribution in [0.1, 0.15) is 13.3 Å². The molecule has 0 aliphatic carbocycles. The summed E-state index contributed by atoms with van der Waals surface area (Å²) in [5.74, 6) is 0.498.